The first-order valence-corrected chi connectivity index (χ1v) is 5.32. The van der Waals surface area contributed by atoms with Crippen molar-refractivity contribution in [2.75, 3.05) is 6.54 Å². The van der Waals surface area contributed by atoms with Gasteiger partial charge in [-0.15, -0.1) is 0 Å². The van der Waals surface area contributed by atoms with Crippen LogP contribution in [0.5, 0.6) is 0 Å². The molecule has 3 heteroatoms. The second-order valence-electron chi connectivity index (χ2n) is 2.72. The first-order chi connectivity index (χ1) is 6.27. The Hall–Kier alpha value is -0.730. The molecule has 0 aliphatic rings. The SMILES string of the molecule is CC.CCCCCCCN=C(N)N. The minimum absolute atomic E-state index is 0.209. The zero-order valence-corrected chi connectivity index (χ0v) is 9.34. The Morgan fingerprint density at radius 2 is 1.54 bits per heavy atom. The van der Waals surface area contributed by atoms with Crippen LogP contribution in [0.25, 0.3) is 0 Å². The maximum atomic E-state index is 5.16. The number of unbranched alkanes of at least 4 members (excludes halogenated alkanes) is 4. The van der Waals surface area contributed by atoms with Gasteiger partial charge in [-0.1, -0.05) is 46.5 Å². The van der Waals surface area contributed by atoms with E-state index in [0.29, 0.717) is 0 Å². The van der Waals surface area contributed by atoms with Gasteiger partial charge in [0.1, 0.15) is 0 Å². The Bertz CT molecular complexity index is 107. The molecule has 0 aromatic heterocycles. The molecule has 0 bridgehead atoms. The van der Waals surface area contributed by atoms with Gasteiger partial charge in [0, 0.05) is 6.54 Å². The summed E-state index contributed by atoms with van der Waals surface area (Å²) in [6, 6.07) is 0. The molecule has 80 valence electrons. The molecule has 3 nitrogen and oxygen atoms in total. The highest BCUT2D eigenvalue weighted by molar-refractivity contribution is 5.75. The third-order valence-electron chi connectivity index (χ3n) is 1.56. The van der Waals surface area contributed by atoms with Crippen molar-refractivity contribution in [1.29, 1.82) is 0 Å². The van der Waals surface area contributed by atoms with Crippen LogP contribution in [-0.4, -0.2) is 12.5 Å². The normalized spacial score (nSPS) is 8.54. The minimum Gasteiger partial charge on any atom is -0.370 e. The van der Waals surface area contributed by atoms with Gasteiger partial charge in [-0.05, 0) is 6.42 Å². The fraction of sp³-hybridized carbons (Fsp3) is 0.900. The van der Waals surface area contributed by atoms with Crippen LogP contribution in [-0.2, 0) is 0 Å². The van der Waals surface area contributed by atoms with Gasteiger partial charge in [-0.25, -0.2) is 0 Å². The summed E-state index contributed by atoms with van der Waals surface area (Å²) in [5, 5.41) is 0. The lowest BCUT2D eigenvalue weighted by Crippen LogP contribution is -2.22. The Kier molecular flexibility index (Phi) is 15.7. The van der Waals surface area contributed by atoms with Crippen LogP contribution >= 0.6 is 0 Å². The number of guanidine groups is 1. The number of nitrogens with zero attached hydrogens (tertiary/aromatic N) is 1. The quantitative estimate of drug-likeness (QED) is 0.380. The summed E-state index contributed by atoms with van der Waals surface area (Å²) in [6.07, 6.45) is 6.25. The molecule has 0 aliphatic carbocycles. The molecule has 0 heterocycles. The molecule has 0 amide bonds. The van der Waals surface area contributed by atoms with Gasteiger partial charge in [0.15, 0.2) is 5.96 Å². The largest absolute Gasteiger partial charge is 0.370 e. The van der Waals surface area contributed by atoms with E-state index in [9.17, 15) is 0 Å². The van der Waals surface area contributed by atoms with Crippen LogP contribution < -0.4 is 11.5 Å². The molecule has 13 heavy (non-hydrogen) atoms. The van der Waals surface area contributed by atoms with Crippen molar-refractivity contribution in [3.05, 3.63) is 0 Å². The summed E-state index contributed by atoms with van der Waals surface area (Å²) in [7, 11) is 0. The summed E-state index contributed by atoms with van der Waals surface area (Å²) < 4.78 is 0. The summed E-state index contributed by atoms with van der Waals surface area (Å²) >= 11 is 0. The van der Waals surface area contributed by atoms with Crippen LogP contribution in [0.15, 0.2) is 4.99 Å². The molecule has 0 rings (SSSR count). The monoisotopic (exact) mass is 187 g/mol. The van der Waals surface area contributed by atoms with E-state index in [1.54, 1.807) is 0 Å². The molecule has 0 unspecified atom stereocenters. The second kappa shape index (κ2) is 13.8. The van der Waals surface area contributed by atoms with Crippen molar-refractivity contribution in [1.82, 2.24) is 0 Å². The fourth-order valence-corrected chi connectivity index (χ4v) is 0.924. The molecule has 0 fully saturated rings. The fourth-order valence-electron chi connectivity index (χ4n) is 0.924. The molecular formula is C10H25N3. The maximum Gasteiger partial charge on any atom is 0.185 e. The predicted molar refractivity (Wildman–Crippen MR) is 60.8 cm³/mol. The average molecular weight is 187 g/mol. The molecule has 4 N–H and O–H groups in total. The van der Waals surface area contributed by atoms with Gasteiger partial charge in [-0.2, -0.15) is 0 Å². The lowest BCUT2D eigenvalue weighted by molar-refractivity contribution is 0.638. The first-order valence-electron chi connectivity index (χ1n) is 5.32. The Labute approximate surface area is 82.6 Å². The number of hydrogen-bond donors (Lipinski definition) is 2. The van der Waals surface area contributed by atoms with E-state index in [0.717, 1.165) is 13.0 Å². The van der Waals surface area contributed by atoms with Crippen molar-refractivity contribution in [2.45, 2.75) is 52.9 Å². The molecule has 0 atom stereocenters. The van der Waals surface area contributed by atoms with Crippen LogP contribution in [0.1, 0.15) is 52.9 Å². The maximum absolute atomic E-state index is 5.16. The third kappa shape index (κ3) is 18.3. The van der Waals surface area contributed by atoms with Gasteiger partial charge in [0.05, 0.1) is 0 Å². The van der Waals surface area contributed by atoms with E-state index in [2.05, 4.69) is 11.9 Å². The average Bonchev–Trinajstić information content (AvgIpc) is 2.14. The molecule has 0 aromatic rings. The number of rotatable bonds is 6. The van der Waals surface area contributed by atoms with E-state index in [-0.39, 0.29) is 5.96 Å². The second-order valence-corrected chi connectivity index (χ2v) is 2.72. The number of aliphatic imine (C=N–C) groups is 1. The Balaban J connectivity index is 0. The predicted octanol–water partition coefficient (Wildman–Crippen LogP) is 2.26. The highest BCUT2D eigenvalue weighted by Gasteiger charge is 1.87. The van der Waals surface area contributed by atoms with E-state index in [1.807, 2.05) is 13.8 Å². The molecule has 0 saturated carbocycles. The molecule has 0 aliphatic heterocycles. The van der Waals surface area contributed by atoms with Crippen LogP contribution in [0.2, 0.25) is 0 Å². The van der Waals surface area contributed by atoms with Crippen molar-refractivity contribution < 1.29 is 0 Å². The summed E-state index contributed by atoms with van der Waals surface area (Å²) in [5.41, 5.74) is 10.3. The third-order valence-corrected chi connectivity index (χ3v) is 1.56. The first kappa shape index (κ1) is 14.8. The lowest BCUT2D eigenvalue weighted by atomic mass is 10.2. The summed E-state index contributed by atoms with van der Waals surface area (Å²) in [4.78, 5) is 3.89. The summed E-state index contributed by atoms with van der Waals surface area (Å²) in [6.45, 7) is 6.99. The van der Waals surface area contributed by atoms with Crippen molar-refractivity contribution in [3.8, 4) is 0 Å². The highest BCUT2D eigenvalue weighted by atomic mass is 15.0. The molecule has 0 aromatic carbocycles. The highest BCUT2D eigenvalue weighted by Crippen LogP contribution is 2.01. The van der Waals surface area contributed by atoms with Crippen molar-refractivity contribution >= 4 is 5.96 Å². The van der Waals surface area contributed by atoms with Crippen LogP contribution in [0.3, 0.4) is 0 Å². The van der Waals surface area contributed by atoms with Gasteiger partial charge in [0.25, 0.3) is 0 Å². The Morgan fingerprint density at radius 1 is 1.00 bits per heavy atom. The topological polar surface area (TPSA) is 64.4 Å². The molecule has 0 radical (unpaired) electrons. The Morgan fingerprint density at radius 3 is 2.00 bits per heavy atom. The van der Waals surface area contributed by atoms with Gasteiger partial charge >= 0.3 is 0 Å². The minimum atomic E-state index is 0.209. The lowest BCUT2D eigenvalue weighted by Gasteiger charge is -1.96. The van der Waals surface area contributed by atoms with Gasteiger partial charge < -0.3 is 11.5 Å². The molecule has 0 spiro atoms. The van der Waals surface area contributed by atoms with E-state index >= 15 is 0 Å². The summed E-state index contributed by atoms with van der Waals surface area (Å²) in [5.74, 6) is 0.209. The number of nitrogens with two attached hydrogens (primary N) is 2. The van der Waals surface area contributed by atoms with E-state index in [1.165, 1.54) is 25.7 Å². The zero-order chi connectivity index (χ0) is 10.5. The molecular weight excluding hydrogens is 162 g/mol. The smallest absolute Gasteiger partial charge is 0.185 e. The van der Waals surface area contributed by atoms with Gasteiger partial charge in [-0.3, -0.25) is 4.99 Å². The standard InChI is InChI=1S/C8H19N3.C2H6/c1-2-3-4-5-6-7-11-8(9)10;1-2/h2-7H2,1H3,(H4,9,10,11);1-2H3. The van der Waals surface area contributed by atoms with Crippen molar-refractivity contribution in [2.24, 2.45) is 16.5 Å². The van der Waals surface area contributed by atoms with Crippen LogP contribution in [0, 0.1) is 0 Å². The van der Waals surface area contributed by atoms with Crippen molar-refractivity contribution in [3.63, 3.8) is 0 Å². The molecule has 0 saturated heterocycles. The zero-order valence-electron chi connectivity index (χ0n) is 9.34. The van der Waals surface area contributed by atoms with Crippen LogP contribution in [0.4, 0.5) is 0 Å². The number of hydrogen-bond acceptors (Lipinski definition) is 1. The van der Waals surface area contributed by atoms with E-state index in [4.69, 9.17) is 11.5 Å². The van der Waals surface area contributed by atoms with E-state index < -0.39 is 0 Å². The van der Waals surface area contributed by atoms with Gasteiger partial charge in [0.2, 0.25) is 0 Å².